The van der Waals surface area contributed by atoms with E-state index in [0.29, 0.717) is 11.7 Å². The molecule has 1 N–H and O–H groups in total. The van der Waals surface area contributed by atoms with E-state index in [9.17, 15) is 9.90 Å². The van der Waals surface area contributed by atoms with Crippen LogP contribution in [0, 0.1) is 0 Å². The summed E-state index contributed by atoms with van der Waals surface area (Å²) in [6.07, 6.45) is 7.65. The average molecular weight is 334 g/mol. The molecule has 1 aliphatic carbocycles. The zero-order chi connectivity index (χ0) is 16.1. The van der Waals surface area contributed by atoms with Gasteiger partial charge in [0.1, 0.15) is 12.0 Å². The third-order valence-corrected chi connectivity index (χ3v) is 4.94. The molecule has 0 amide bonds. The van der Waals surface area contributed by atoms with Crippen molar-refractivity contribution in [3.63, 3.8) is 0 Å². The fourth-order valence-electron chi connectivity index (χ4n) is 3.81. The fraction of sp³-hybridized carbons (Fsp3) is 0.467. The molecule has 8 heteroatoms. The fourth-order valence-corrected chi connectivity index (χ4v) is 3.94. The van der Waals surface area contributed by atoms with Crippen molar-refractivity contribution in [3.05, 3.63) is 29.2 Å². The lowest BCUT2D eigenvalue weighted by Gasteiger charge is -2.40. The van der Waals surface area contributed by atoms with Gasteiger partial charge in [-0.05, 0) is 31.4 Å². The molecule has 4 rings (SSSR count). The first-order valence-corrected chi connectivity index (χ1v) is 8.07. The number of anilines is 1. The monoisotopic (exact) mass is 333 g/mol. The molecule has 23 heavy (non-hydrogen) atoms. The lowest BCUT2D eigenvalue weighted by atomic mass is 10.0. The highest BCUT2D eigenvalue weighted by Gasteiger charge is 2.38. The highest BCUT2D eigenvalue weighted by Crippen LogP contribution is 2.42. The normalized spacial score (nSPS) is 20.4. The first-order valence-electron chi connectivity index (χ1n) is 7.69. The van der Waals surface area contributed by atoms with Gasteiger partial charge in [-0.2, -0.15) is 4.98 Å². The minimum Gasteiger partial charge on any atom is -0.476 e. The lowest BCUT2D eigenvalue weighted by molar-refractivity contribution is 0.0689. The van der Waals surface area contributed by atoms with Crippen molar-refractivity contribution in [2.75, 3.05) is 4.90 Å². The number of aromatic carboxylic acids is 1. The quantitative estimate of drug-likeness (QED) is 0.851. The van der Waals surface area contributed by atoms with Gasteiger partial charge in [0.2, 0.25) is 5.28 Å². The Morgan fingerprint density at radius 1 is 1.35 bits per heavy atom. The summed E-state index contributed by atoms with van der Waals surface area (Å²) in [4.78, 5) is 26.3. The van der Waals surface area contributed by atoms with E-state index in [1.54, 1.807) is 10.8 Å². The number of carbonyl (C=O) groups is 1. The van der Waals surface area contributed by atoms with Gasteiger partial charge >= 0.3 is 5.97 Å². The zero-order valence-corrected chi connectivity index (χ0v) is 13.4. The van der Waals surface area contributed by atoms with Crippen LogP contribution in [0.25, 0.3) is 5.69 Å². The van der Waals surface area contributed by atoms with E-state index in [-0.39, 0.29) is 17.0 Å². The molecule has 120 valence electrons. The molecule has 0 radical (unpaired) electrons. The van der Waals surface area contributed by atoms with E-state index >= 15 is 0 Å². The molecule has 1 unspecified atom stereocenters. The van der Waals surface area contributed by atoms with E-state index in [2.05, 4.69) is 19.9 Å². The van der Waals surface area contributed by atoms with Crippen molar-refractivity contribution in [1.29, 1.82) is 0 Å². The summed E-state index contributed by atoms with van der Waals surface area (Å²) in [5, 5.41) is 9.64. The predicted molar refractivity (Wildman–Crippen MR) is 84.3 cm³/mol. The summed E-state index contributed by atoms with van der Waals surface area (Å²) in [5.41, 5.74) is 1.48. The standard InChI is InChI=1S/C15H16ClN5O2/c1-8-12-11(14(22)23)18-7-20(12)10-6-17-15(16)19-13(10)21(8)9-4-2-3-5-9/h6-9H,2-5H2,1H3,(H,22,23). The number of imidazole rings is 1. The van der Waals surface area contributed by atoms with E-state index in [1.165, 1.54) is 19.2 Å². The van der Waals surface area contributed by atoms with E-state index in [4.69, 9.17) is 11.6 Å². The van der Waals surface area contributed by atoms with Gasteiger partial charge in [0.05, 0.1) is 17.9 Å². The number of nitrogens with zero attached hydrogens (tertiary/aromatic N) is 5. The van der Waals surface area contributed by atoms with Gasteiger partial charge in [0.25, 0.3) is 0 Å². The Labute approximate surface area is 137 Å². The summed E-state index contributed by atoms with van der Waals surface area (Å²) >= 11 is 6.01. The van der Waals surface area contributed by atoms with Crippen LogP contribution in [0.15, 0.2) is 12.5 Å². The van der Waals surface area contributed by atoms with Gasteiger partial charge < -0.3 is 10.0 Å². The van der Waals surface area contributed by atoms with Crippen molar-refractivity contribution in [2.45, 2.75) is 44.7 Å². The molecular formula is C15H16ClN5O2. The largest absolute Gasteiger partial charge is 0.476 e. The summed E-state index contributed by atoms with van der Waals surface area (Å²) in [6, 6.07) is 0.199. The maximum Gasteiger partial charge on any atom is 0.356 e. The maximum absolute atomic E-state index is 11.5. The lowest BCUT2D eigenvalue weighted by Crippen LogP contribution is -2.41. The molecule has 1 atom stereocenters. The van der Waals surface area contributed by atoms with E-state index in [1.807, 2.05) is 6.92 Å². The SMILES string of the molecule is CC1c2c(C(=O)O)ncn2-c2cnc(Cl)nc2N1C1CCCC1. The van der Waals surface area contributed by atoms with E-state index < -0.39 is 5.97 Å². The van der Waals surface area contributed by atoms with Crippen molar-refractivity contribution in [3.8, 4) is 5.69 Å². The van der Waals surface area contributed by atoms with Crippen LogP contribution in [0.4, 0.5) is 5.82 Å². The Kier molecular flexibility index (Phi) is 3.26. The number of fused-ring (bicyclic) bond motifs is 3. The molecule has 0 aromatic carbocycles. The summed E-state index contributed by atoms with van der Waals surface area (Å²) in [5.74, 6) is -0.262. The topological polar surface area (TPSA) is 84.1 Å². The number of rotatable bonds is 2. The summed E-state index contributed by atoms with van der Waals surface area (Å²) in [7, 11) is 0. The van der Waals surface area contributed by atoms with Gasteiger partial charge in [0.15, 0.2) is 11.5 Å². The third kappa shape index (κ3) is 2.10. The minimum absolute atomic E-state index is 0.0843. The molecule has 2 aliphatic rings. The Morgan fingerprint density at radius 2 is 2.09 bits per heavy atom. The number of hydrogen-bond donors (Lipinski definition) is 1. The molecule has 0 bridgehead atoms. The zero-order valence-electron chi connectivity index (χ0n) is 12.6. The Hall–Kier alpha value is -2.15. The van der Waals surface area contributed by atoms with E-state index in [0.717, 1.165) is 24.3 Å². The predicted octanol–water partition coefficient (Wildman–Crippen LogP) is 2.84. The number of carboxylic acids is 1. The van der Waals surface area contributed by atoms with Gasteiger partial charge in [0, 0.05) is 6.04 Å². The highest BCUT2D eigenvalue weighted by atomic mass is 35.5. The van der Waals surface area contributed by atoms with Gasteiger partial charge in [-0.15, -0.1) is 0 Å². The van der Waals surface area contributed by atoms with Crippen LogP contribution in [-0.4, -0.2) is 36.6 Å². The average Bonchev–Trinajstić information content (AvgIpc) is 3.16. The molecule has 0 saturated heterocycles. The summed E-state index contributed by atoms with van der Waals surface area (Å²) < 4.78 is 1.77. The molecular weight excluding hydrogens is 318 g/mol. The maximum atomic E-state index is 11.5. The van der Waals surface area contributed by atoms with Crippen LogP contribution in [0.5, 0.6) is 0 Å². The molecule has 2 aromatic rings. The van der Waals surface area contributed by atoms with Crippen molar-refractivity contribution in [1.82, 2.24) is 19.5 Å². The van der Waals surface area contributed by atoms with Crippen molar-refractivity contribution in [2.24, 2.45) is 0 Å². The molecule has 1 fully saturated rings. The Morgan fingerprint density at radius 3 is 2.78 bits per heavy atom. The Bertz CT molecular complexity index is 784. The first-order chi connectivity index (χ1) is 11.1. The van der Waals surface area contributed by atoms with Crippen LogP contribution >= 0.6 is 11.6 Å². The first kappa shape index (κ1) is 14.4. The second-order valence-corrected chi connectivity index (χ2v) is 6.36. The molecule has 0 spiro atoms. The third-order valence-electron chi connectivity index (χ3n) is 4.76. The molecule has 7 nitrogen and oxygen atoms in total. The molecule has 1 aliphatic heterocycles. The van der Waals surface area contributed by atoms with Gasteiger partial charge in [-0.25, -0.2) is 14.8 Å². The van der Waals surface area contributed by atoms with Crippen LogP contribution < -0.4 is 4.90 Å². The minimum atomic E-state index is -1.02. The highest BCUT2D eigenvalue weighted by molar-refractivity contribution is 6.28. The van der Waals surface area contributed by atoms with Crippen LogP contribution in [0.1, 0.15) is 54.8 Å². The number of hydrogen-bond acceptors (Lipinski definition) is 5. The number of aromatic nitrogens is 4. The molecule has 1 saturated carbocycles. The van der Waals surface area contributed by atoms with Crippen LogP contribution in [-0.2, 0) is 0 Å². The van der Waals surface area contributed by atoms with Gasteiger partial charge in [-0.1, -0.05) is 12.8 Å². The second-order valence-electron chi connectivity index (χ2n) is 6.02. The number of halogens is 1. The molecule has 3 heterocycles. The van der Waals surface area contributed by atoms with Crippen molar-refractivity contribution >= 4 is 23.4 Å². The van der Waals surface area contributed by atoms with Crippen molar-refractivity contribution < 1.29 is 9.90 Å². The van der Waals surface area contributed by atoms with Crippen LogP contribution in [0.3, 0.4) is 0 Å². The second kappa shape index (κ2) is 5.19. The van der Waals surface area contributed by atoms with Gasteiger partial charge in [-0.3, -0.25) is 4.57 Å². The summed E-state index contributed by atoms with van der Waals surface area (Å²) in [6.45, 7) is 2.00. The smallest absolute Gasteiger partial charge is 0.356 e. The number of carboxylic acid groups (broad SMARTS) is 1. The molecule has 2 aromatic heterocycles. The van der Waals surface area contributed by atoms with Crippen LogP contribution in [0.2, 0.25) is 5.28 Å². The Balaban J connectivity index is 1.94.